The lowest BCUT2D eigenvalue weighted by Gasteiger charge is -2.49. The third-order valence-corrected chi connectivity index (χ3v) is 13.4. The summed E-state index contributed by atoms with van der Waals surface area (Å²) in [6.45, 7) is 6.34. The minimum atomic E-state index is -1.15. The van der Waals surface area contributed by atoms with Crippen LogP contribution < -0.4 is 10.6 Å². The number of ether oxygens (including phenoxy) is 3. The van der Waals surface area contributed by atoms with E-state index < -0.39 is 65.0 Å². The highest BCUT2D eigenvalue weighted by Gasteiger charge is 2.55. The number of hydrogen-bond acceptors (Lipinski definition) is 14. The van der Waals surface area contributed by atoms with Crippen molar-refractivity contribution >= 4 is 63.7 Å². The minimum absolute atomic E-state index is 0.0474. The quantitative estimate of drug-likeness (QED) is 0.0130. The summed E-state index contributed by atoms with van der Waals surface area (Å²) >= 11 is 2.52. The third kappa shape index (κ3) is 12.1. The summed E-state index contributed by atoms with van der Waals surface area (Å²) < 4.78 is 16.6. The van der Waals surface area contributed by atoms with Crippen molar-refractivity contribution in [2.75, 3.05) is 24.3 Å². The molecule has 2 amide bonds. The van der Waals surface area contributed by atoms with E-state index in [4.69, 9.17) is 24.0 Å². The fraction of sp³-hybridized carbons (Fsp3) is 0.211. The molecule has 0 unspecified atom stereocenters. The van der Waals surface area contributed by atoms with E-state index in [1.807, 2.05) is 152 Å². The summed E-state index contributed by atoms with van der Waals surface area (Å²) in [7, 11) is 0. The molecule has 73 heavy (non-hydrogen) atoms. The highest BCUT2D eigenvalue weighted by atomic mass is 32.2. The largest absolute Gasteiger partial charge is 0.457 e. The maximum absolute atomic E-state index is 14.6. The van der Waals surface area contributed by atoms with Crippen molar-refractivity contribution in [2.45, 2.75) is 56.4 Å². The summed E-state index contributed by atoms with van der Waals surface area (Å²) in [4.78, 5) is 80.0. The molecule has 0 saturated carbocycles. The summed E-state index contributed by atoms with van der Waals surface area (Å²) in [5, 5.41) is 11.9. The van der Waals surface area contributed by atoms with Crippen molar-refractivity contribution in [3.05, 3.63) is 214 Å². The Morgan fingerprint density at radius 3 is 1.90 bits per heavy atom. The van der Waals surface area contributed by atoms with E-state index >= 15 is 0 Å². The first-order chi connectivity index (χ1) is 35.4. The number of fused-ring (bicyclic) bond motifs is 1. The SMILES string of the molecule is CCOC(=O)C#C/C=C\C1=C(C(=O)OC(c2ccccc2)c2ccccc2)N2C(=O)[C@@H](NC(=O)/C(=N\OCC(=O)OC(C)(C)C)c3csc(NC(c4ccccc4)(c4ccccc4)c4ccccc4)n3)[C@H]2SC1. The van der Waals surface area contributed by atoms with Crippen LogP contribution in [0.4, 0.5) is 5.13 Å². The van der Waals surface area contributed by atoms with Crippen molar-refractivity contribution < 1.29 is 43.0 Å². The molecule has 1 saturated heterocycles. The molecule has 16 heteroatoms. The molecule has 2 N–H and O–H groups in total. The number of rotatable bonds is 17. The molecule has 1 fully saturated rings. The molecule has 1 aromatic heterocycles. The number of carbonyl (C=O) groups is 5. The molecule has 3 heterocycles. The van der Waals surface area contributed by atoms with Crippen LogP contribution in [0.1, 0.15) is 67.3 Å². The zero-order valence-corrected chi connectivity index (χ0v) is 42.0. The van der Waals surface area contributed by atoms with E-state index in [0.717, 1.165) is 16.7 Å². The first-order valence-electron chi connectivity index (χ1n) is 23.3. The predicted octanol–water partition coefficient (Wildman–Crippen LogP) is 8.72. The van der Waals surface area contributed by atoms with Gasteiger partial charge in [-0.15, -0.1) is 23.1 Å². The Morgan fingerprint density at radius 1 is 0.822 bits per heavy atom. The van der Waals surface area contributed by atoms with E-state index in [0.29, 0.717) is 21.8 Å². The Kier molecular flexibility index (Phi) is 16.3. The smallest absolute Gasteiger partial charge is 0.384 e. The number of β-lactam (4-membered cyclic amide) rings is 1. The lowest BCUT2D eigenvalue weighted by molar-refractivity contribution is -0.160. The van der Waals surface area contributed by atoms with Crippen molar-refractivity contribution in [1.82, 2.24) is 15.2 Å². The number of anilines is 1. The van der Waals surface area contributed by atoms with Gasteiger partial charge in [0.15, 0.2) is 16.9 Å². The monoisotopic (exact) mass is 1010 g/mol. The normalized spacial score (nSPS) is 15.6. The Bertz CT molecular complexity index is 2960. The topological polar surface area (TPSA) is 175 Å². The highest BCUT2D eigenvalue weighted by Crippen LogP contribution is 2.43. The van der Waals surface area contributed by atoms with Gasteiger partial charge in [-0.25, -0.2) is 19.4 Å². The molecule has 0 aliphatic carbocycles. The summed E-state index contributed by atoms with van der Waals surface area (Å²) in [5.74, 6) is 1.54. The number of thioether (sulfide) groups is 1. The van der Waals surface area contributed by atoms with Gasteiger partial charge in [0.2, 0.25) is 6.61 Å². The van der Waals surface area contributed by atoms with Gasteiger partial charge in [-0.3, -0.25) is 14.5 Å². The first-order valence-corrected chi connectivity index (χ1v) is 25.3. The molecule has 0 bridgehead atoms. The number of aromatic nitrogens is 1. The standard InChI is InChI=1S/C57H51N5O9S2/c1-5-68-45(63)34-22-21-27-40-36-72-53-48(52(66)62(53)49(40)54(67)70-50(38-23-11-6-12-24-38)39-25-13-7-14-26-39)59-51(65)47(61-69-35-46(64)71-56(2,3)4)44-37-73-55(58-44)60-57(41-28-15-8-16-29-41,42-30-17-9-18-31-42)43-32-19-10-20-33-43/h6-21,23-33,37,48,50,53H,5,35-36H2,1-4H3,(H,58,60)(H,59,65)/b27-21-,61-47-/t48-,53-/m1/s1. The van der Waals surface area contributed by atoms with E-state index in [-0.39, 0.29) is 29.5 Å². The van der Waals surface area contributed by atoms with Gasteiger partial charge in [0, 0.05) is 17.1 Å². The number of oxime groups is 1. The lowest BCUT2D eigenvalue weighted by atomic mass is 9.77. The number of esters is 3. The average molecular weight is 1010 g/mol. The number of thiazole rings is 1. The van der Waals surface area contributed by atoms with E-state index in [1.54, 1.807) is 39.2 Å². The van der Waals surface area contributed by atoms with Gasteiger partial charge in [0.05, 0.1) is 6.61 Å². The van der Waals surface area contributed by atoms with Gasteiger partial charge in [-0.2, -0.15) is 0 Å². The molecule has 5 aromatic carbocycles. The zero-order chi connectivity index (χ0) is 51.4. The molecule has 14 nitrogen and oxygen atoms in total. The second-order valence-electron chi connectivity index (χ2n) is 17.5. The molecule has 0 spiro atoms. The minimum Gasteiger partial charge on any atom is -0.457 e. The number of nitrogens with one attached hydrogen (secondary N) is 2. The van der Waals surface area contributed by atoms with Gasteiger partial charge in [-0.1, -0.05) is 163 Å². The van der Waals surface area contributed by atoms with Crippen molar-refractivity contribution in [3.8, 4) is 11.8 Å². The number of benzene rings is 5. The zero-order valence-electron chi connectivity index (χ0n) is 40.4. The maximum Gasteiger partial charge on any atom is 0.384 e. The van der Waals surface area contributed by atoms with Crippen LogP contribution in [0.3, 0.4) is 0 Å². The van der Waals surface area contributed by atoms with E-state index in [2.05, 4.69) is 27.6 Å². The van der Waals surface area contributed by atoms with Gasteiger partial charge in [0.1, 0.15) is 33.9 Å². The molecule has 6 aromatic rings. The number of carbonyl (C=O) groups excluding carboxylic acids is 5. The molecular formula is C57H51N5O9S2. The number of allylic oxidation sites excluding steroid dienone is 2. The van der Waals surface area contributed by atoms with Crippen LogP contribution in [0.2, 0.25) is 0 Å². The van der Waals surface area contributed by atoms with Crippen LogP contribution in [0.5, 0.6) is 0 Å². The molecule has 0 radical (unpaired) electrons. The van der Waals surface area contributed by atoms with Gasteiger partial charge in [0.25, 0.3) is 11.8 Å². The van der Waals surface area contributed by atoms with Crippen LogP contribution in [0.25, 0.3) is 0 Å². The van der Waals surface area contributed by atoms with Crippen LogP contribution in [-0.4, -0.2) is 81.3 Å². The molecular weight excluding hydrogens is 963 g/mol. The summed E-state index contributed by atoms with van der Waals surface area (Å²) in [5.41, 5.74) is 2.52. The molecule has 2 aliphatic rings. The molecule has 2 aliphatic heterocycles. The molecule has 370 valence electrons. The Hall–Kier alpha value is -8.26. The van der Waals surface area contributed by atoms with Crippen LogP contribution in [-0.2, 0) is 48.6 Å². The van der Waals surface area contributed by atoms with Crippen LogP contribution in [0, 0.1) is 11.8 Å². The van der Waals surface area contributed by atoms with Crippen LogP contribution >= 0.6 is 23.1 Å². The van der Waals surface area contributed by atoms with Gasteiger partial charge in [-0.05, 0) is 73.2 Å². The van der Waals surface area contributed by atoms with Gasteiger partial charge >= 0.3 is 17.9 Å². The maximum atomic E-state index is 14.6. The second kappa shape index (κ2) is 23.3. The fourth-order valence-electron chi connectivity index (χ4n) is 8.23. The Morgan fingerprint density at radius 2 is 1.37 bits per heavy atom. The average Bonchev–Trinajstić information content (AvgIpc) is 3.87. The Balaban J connectivity index is 1.11. The van der Waals surface area contributed by atoms with E-state index in [1.165, 1.54) is 34.1 Å². The summed E-state index contributed by atoms with van der Waals surface area (Å²) in [6.07, 6.45) is 2.11. The van der Waals surface area contributed by atoms with Crippen molar-refractivity contribution in [3.63, 3.8) is 0 Å². The van der Waals surface area contributed by atoms with E-state index in [9.17, 15) is 24.0 Å². The lowest BCUT2D eigenvalue weighted by Crippen LogP contribution is -2.71. The van der Waals surface area contributed by atoms with Crippen LogP contribution in [0.15, 0.2) is 186 Å². The van der Waals surface area contributed by atoms with Gasteiger partial charge < -0.3 is 29.7 Å². The molecule has 2 atom stereocenters. The first kappa shape index (κ1) is 51.1. The number of amides is 2. The predicted molar refractivity (Wildman–Crippen MR) is 280 cm³/mol. The molecule has 8 rings (SSSR count). The van der Waals surface area contributed by atoms with Crippen molar-refractivity contribution in [1.29, 1.82) is 0 Å². The number of hydrogen-bond donors (Lipinski definition) is 2. The Labute approximate surface area is 431 Å². The highest BCUT2D eigenvalue weighted by molar-refractivity contribution is 8.00. The third-order valence-electron chi connectivity index (χ3n) is 11.4. The summed E-state index contributed by atoms with van der Waals surface area (Å²) in [6, 6.07) is 47.1. The fourth-order valence-corrected chi connectivity index (χ4v) is 10.3. The van der Waals surface area contributed by atoms with Crippen molar-refractivity contribution in [2.24, 2.45) is 5.16 Å². The number of nitrogens with zero attached hydrogens (tertiary/aromatic N) is 3. The second-order valence-corrected chi connectivity index (χ2v) is 19.4.